The minimum atomic E-state index is -4.11. The van der Waals surface area contributed by atoms with E-state index in [0.29, 0.717) is 92.7 Å². The Kier molecular flexibility index (Phi) is 33.8. The van der Waals surface area contributed by atoms with Crippen molar-refractivity contribution in [3.63, 3.8) is 0 Å². The van der Waals surface area contributed by atoms with Crippen LogP contribution in [0.15, 0.2) is 352 Å². The van der Waals surface area contributed by atoms with Gasteiger partial charge in [-0.1, -0.05) is 355 Å². The number of ether oxygens (including phenoxy) is 1. The summed E-state index contributed by atoms with van der Waals surface area (Å²) in [6.45, 7) is 24.0. The summed E-state index contributed by atoms with van der Waals surface area (Å²) in [5.74, 6) is 0.633. The molecular formula is C113H109O15P5. The molecule has 0 aliphatic heterocycles. The molecule has 15 rings (SSSR count). The van der Waals surface area contributed by atoms with Gasteiger partial charge in [0, 0.05) is 81.1 Å². The lowest BCUT2D eigenvalue weighted by atomic mass is 10.0. The summed E-state index contributed by atoms with van der Waals surface area (Å²) in [5.41, 5.74) is 12.8. The average molecular weight is 1860 g/mol. The number of benzene rings is 15. The Morgan fingerprint density at radius 2 is 0.451 bits per heavy atom. The Balaban J connectivity index is 0.000000160. The van der Waals surface area contributed by atoms with Gasteiger partial charge in [0.2, 0.25) is 68.9 Å². The van der Waals surface area contributed by atoms with Crippen molar-refractivity contribution in [2.75, 3.05) is 7.11 Å². The minimum Gasteiger partial charge on any atom is -0.497 e. The summed E-state index contributed by atoms with van der Waals surface area (Å²) < 4.78 is 76.3. The van der Waals surface area contributed by atoms with Crippen molar-refractivity contribution in [1.29, 1.82) is 0 Å². The lowest BCUT2D eigenvalue weighted by Gasteiger charge is -2.21. The molecule has 133 heavy (non-hydrogen) atoms. The first kappa shape index (κ1) is 101. The van der Waals surface area contributed by atoms with Gasteiger partial charge in [0.25, 0.3) is 0 Å². The van der Waals surface area contributed by atoms with Gasteiger partial charge in [-0.3, -0.25) is 28.8 Å². The highest BCUT2D eigenvalue weighted by Crippen LogP contribution is 2.55. The highest BCUT2D eigenvalue weighted by Gasteiger charge is 2.46. The van der Waals surface area contributed by atoms with Crippen molar-refractivity contribution in [2.45, 2.75) is 110 Å². The molecule has 0 radical (unpaired) electrons. The van der Waals surface area contributed by atoms with E-state index >= 15 is 0 Å². The average Bonchev–Trinajstić information content (AvgIpc) is 0.758. The predicted octanol–water partition coefficient (Wildman–Crippen LogP) is 22.2. The molecule has 2 atom stereocenters. The topological polar surface area (TPSA) is 258 Å². The van der Waals surface area contributed by atoms with Crippen LogP contribution in [0.5, 0.6) is 5.75 Å². The van der Waals surface area contributed by atoms with E-state index in [1.807, 2.05) is 223 Å². The van der Waals surface area contributed by atoms with Crippen molar-refractivity contribution in [3.8, 4) is 5.75 Å². The lowest BCUT2D eigenvalue weighted by Crippen LogP contribution is -2.24. The molecule has 0 aliphatic carbocycles. The summed E-state index contributed by atoms with van der Waals surface area (Å²) in [7, 11) is -16.7. The van der Waals surface area contributed by atoms with Crippen molar-refractivity contribution in [1.82, 2.24) is 0 Å². The van der Waals surface area contributed by atoms with Crippen LogP contribution in [0.25, 0.3) is 0 Å². The number of aliphatic hydroxyl groups excluding tert-OH is 3. The van der Waals surface area contributed by atoms with Gasteiger partial charge in [0.05, 0.1) is 26.9 Å². The molecule has 3 N–H and O–H groups in total. The van der Waals surface area contributed by atoms with Gasteiger partial charge in [0.15, 0.2) is 0 Å². The van der Waals surface area contributed by atoms with Crippen LogP contribution in [0.2, 0.25) is 0 Å². The summed E-state index contributed by atoms with van der Waals surface area (Å²) in [5, 5.41) is 32.9. The first-order valence-electron chi connectivity index (χ1n) is 43.3. The Bertz CT molecular complexity index is 6740. The van der Waals surface area contributed by atoms with Crippen LogP contribution < -0.4 is 52.5 Å². The smallest absolute Gasteiger partial charge is 0.248 e. The van der Waals surface area contributed by atoms with Gasteiger partial charge in [-0.15, -0.1) is 0 Å². The molecule has 15 nitrogen and oxygen atoms in total. The molecule has 15 aromatic carbocycles. The van der Waals surface area contributed by atoms with Gasteiger partial charge < -0.3 is 42.9 Å². The lowest BCUT2D eigenvalue weighted by molar-refractivity contribution is 0.103. The van der Waals surface area contributed by atoms with E-state index in [9.17, 15) is 66.9 Å². The maximum Gasteiger partial charge on any atom is 0.248 e. The van der Waals surface area contributed by atoms with Crippen molar-refractivity contribution >= 4 is 117 Å². The molecule has 676 valence electrons. The standard InChI is InChI=1S/C26H27O3P.C23H23O2P.C22H21O2P.2C21H19O4P/c1-16-12-18(3)23(19(4)13-16)25(27)30(29,22-10-8-7-9-11-22)26(28)24-20(5)14-17(2)15-21(24)6;1-16-10-12-21(13-11-16)26(25,20-8-6-5-7-9-20)23(24)22-18(3)14-17(2)15-19(22)4;1-16-14-17(2)21(18(3)15-16)22(23)25(24,19-10-6-4-7-11-19)20-12-8-5-9-13-20;1-25-18-11-13-20(14-12-18)26(24,19-5-3-2-4-6-19)21(23)17-9-7-16(15-22)8-10-17;22-14-16-8-7-9-17(15-23)20(16)21(24)26(25,18-10-3-1-4-11-18)19-12-5-2-6-13-19/h7-15H,1-6H3;5-15H,1-4H3;4-15H,1-3H3;2-14,22H,15H2,1H3;1-13,22-23H,14-15H2. The number of hydrogen-bond acceptors (Lipinski definition) is 15. The molecule has 20 heteroatoms. The second-order valence-electron chi connectivity index (χ2n) is 33.0. The van der Waals surface area contributed by atoms with E-state index in [-0.39, 0.29) is 41.7 Å². The number of carbonyl (C=O) groups excluding carboxylic acids is 6. The minimum absolute atomic E-state index is 0.108. The molecule has 0 aliphatic rings. The summed E-state index contributed by atoms with van der Waals surface area (Å²) in [4.78, 5) is 81.7. The number of aryl methyl sites for hydroxylation is 13. The molecule has 0 bridgehead atoms. The van der Waals surface area contributed by atoms with E-state index in [0.717, 1.165) is 72.3 Å². The molecule has 0 saturated heterocycles. The first-order valence-corrected chi connectivity index (χ1v) is 51.8. The Morgan fingerprint density at radius 3 is 0.699 bits per heavy atom. The third-order valence-corrected chi connectivity index (χ3v) is 37.2. The van der Waals surface area contributed by atoms with Crippen molar-refractivity contribution in [2.24, 2.45) is 0 Å². The Morgan fingerprint density at radius 1 is 0.226 bits per heavy atom. The van der Waals surface area contributed by atoms with Crippen LogP contribution in [0.3, 0.4) is 0 Å². The highest BCUT2D eigenvalue weighted by molar-refractivity contribution is 8.01. The fourth-order valence-corrected chi connectivity index (χ4v) is 29.6. The van der Waals surface area contributed by atoms with E-state index in [1.165, 1.54) is 0 Å². The van der Waals surface area contributed by atoms with Crippen LogP contribution >= 0.6 is 35.7 Å². The maximum atomic E-state index is 14.5. The first-order chi connectivity index (χ1) is 63.6. The molecule has 0 spiro atoms. The zero-order valence-electron chi connectivity index (χ0n) is 77.1. The summed E-state index contributed by atoms with van der Waals surface area (Å²) in [6, 6.07) is 103. The molecule has 0 fully saturated rings. The van der Waals surface area contributed by atoms with Crippen LogP contribution in [0.4, 0.5) is 0 Å². The number of aliphatic hydroxyl groups is 3. The fraction of sp³-hybridized carbons (Fsp3) is 0.150. The van der Waals surface area contributed by atoms with E-state index in [4.69, 9.17) is 4.74 Å². The third kappa shape index (κ3) is 21.9. The zero-order valence-corrected chi connectivity index (χ0v) is 81.6. The van der Waals surface area contributed by atoms with Gasteiger partial charge in [-0.05, 0) is 175 Å². The number of rotatable bonds is 25. The maximum absolute atomic E-state index is 14.5. The van der Waals surface area contributed by atoms with E-state index < -0.39 is 57.8 Å². The monoisotopic (exact) mass is 1860 g/mol. The number of hydrogen-bond donors (Lipinski definition) is 3. The Labute approximate surface area is 780 Å². The molecular weight excluding hydrogens is 1750 g/mol. The molecule has 0 heterocycles. The molecule has 0 aromatic heterocycles. The van der Waals surface area contributed by atoms with Crippen LogP contribution in [0.1, 0.15) is 151 Å². The van der Waals surface area contributed by atoms with Crippen LogP contribution in [0, 0.1) is 90.0 Å². The summed E-state index contributed by atoms with van der Waals surface area (Å²) >= 11 is 0. The van der Waals surface area contributed by atoms with Gasteiger partial charge in [-0.2, -0.15) is 0 Å². The SMILES string of the molecule is COc1ccc(P(=O)(C(=O)c2ccc(CO)cc2)c2ccccc2)cc1.Cc1cc(C)c(C(=O)P(=O)(C(=O)c2c(C)cc(C)cc2C)c2ccccc2)c(C)c1.Cc1cc(C)c(C(=O)P(=O)(c2ccccc2)c2ccccc2)c(C)c1.Cc1ccc(P(=O)(C(=O)c2c(C)cc(C)cc2C)c2ccccc2)cc1.O=C(c1c(CO)cccc1CO)P(=O)(c1ccccc1)c1ccccc1. The zero-order chi connectivity index (χ0) is 96.3. The number of methoxy groups -OCH3 is 1. The van der Waals surface area contributed by atoms with Crippen LogP contribution in [-0.4, -0.2) is 55.6 Å². The van der Waals surface area contributed by atoms with Gasteiger partial charge in [-0.25, -0.2) is 0 Å². The van der Waals surface area contributed by atoms with Crippen molar-refractivity contribution < 1.29 is 71.6 Å². The predicted molar refractivity (Wildman–Crippen MR) is 543 cm³/mol. The highest BCUT2D eigenvalue weighted by atomic mass is 31.2. The molecule has 0 saturated carbocycles. The Hall–Kier alpha value is -12.9. The van der Waals surface area contributed by atoms with Crippen molar-refractivity contribution in [3.05, 3.63) is 474 Å². The normalized spacial score (nSPS) is 12.0. The summed E-state index contributed by atoms with van der Waals surface area (Å²) in [6.07, 6.45) is 0. The number of carbonyl (C=O) groups is 6. The molecule has 2 unspecified atom stereocenters. The van der Waals surface area contributed by atoms with E-state index in [2.05, 4.69) is 0 Å². The van der Waals surface area contributed by atoms with E-state index in [1.54, 1.807) is 225 Å². The van der Waals surface area contributed by atoms with Crippen LogP contribution in [-0.2, 0) is 42.6 Å². The van der Waals surface area contributed by atoms with Gasteiger partial charge in [0.1, 0.15) is 5.75 Å². The largest absolute Gasteiger partial charge is 0.497 e. The van der Waals surface area contributed by atoms with Gasteiger partial charge >= 0.3 is 0 Å². The second-order valence-corrected chi connectivity index (χ2v) is 46.2. The quantitative estimate of drug-likeness (QED) is 0.0450. The molecule has 0 amide bonds. The second kappa shape index (κ2) is 44.6. The third-order valence-electron chi connectivity index (χ3n) is 23.1. The molecule has 15 aromatic rings. The fourth-order valence-electron chi connectivity index (χ4n) is 16.9.